The number of hydrogen-bond acceptors (Lipinski definition) is 4. The van der Waals surface area contributed by atoms with Crippen molar-refractivity contribution in [3.05, 3.63) is 131 Å². The van der Waals surface area contributed by atoms with Crippen molar-refractivity contribution in [2.24, 2.45) is 0 Å². The zero-order valence-electron chi connectivity index (χ0n) is 24.9. The summed E-state index contributed by atoms with van der Waals surface area (Å²) in [7, 11) is 0. The van der Waals surface area contributed by atoms with E-state index < -0.39 is 6.04 Å². The van der Waals surface area contributed by atoms with E-state index in [2.05, 4.69) is 16.0 Å². The van der Waals surface area contributed by atoms with E-state index in [-0.39, 0.29) is 43.0 Å². The number of hydrogen-bond donors (Lipinski definition) is 3. The maximum atomic E-state index is 13.0. The normalized spacial score (nSPS) is 14.2. The molecule has 1 saturated heterocycles. The molecular formula is C37H36N4O4. The first-order valence-corrected chi connectivity index (χ1v) is 15.1. The molecule has 0 unspecified atom stereocenters. The third-order valence-electron chi connectivity index (χ3n) is 7.57. The number of carbonyl (C=O) groups excluding carboxylic acids is 4. The van der Waals surface area contributed by atoms with Gasteiger partial charge in [-0.1, -0.05) is 97.1 Å². The van der Waals surface area contributed by atoms with E-state index in [1.165, 1.54) is 0 Å². The average Bonchev–Trinajstić information content (AvgIpc) is 3.56. The van der Waals surface area contributed by atoms with Crippen molar-refractivity contribution in [3.8, 4) is 0 Å². The van der Waals surface area contributed by atoms with Crippen molar-refractivity contribution < 1.29 is 19.2 Å². The molecule has 8 heteroatoms. The molecule has 0 radical (unpaired) electrons. The zero-order valence-corrected chi connectivity index (χ0v) is 24.9. The largest absolute Gasteiger partial charge is 0.347 e. The number of amides is 4. The summed E-state index contributed by atoms with van der Waals surface area (Å²) < 4.78 is 0. The second-order valence-corrected chi connectivity index (χ2v) is 11.0. The van der Waals surface area contributed by atoms with Gasteiger partial charge in [-0.05, 0) is 59.4 Å². The molecule has 228 valence electrons. The highest BCUT2D eigenvalue weighted by Gasteiger charge is 2.33. The highest BCUT2D eigenvalue weighted by molar-refractivity contribution is 5.98. The molecule has 1 atom stereocenters. The second kappa shape index (κ2) is 15.3. The van der Waals surface area contributed by atoms with Gasteiger partial charge in [-0.2, -0.15) is 0 Å². The first-order chi connectivity index (χ1) is 21.9. The SMILES string of the molecule is O=C(Cc1ccccc1)NCC(=O)Nc1ccc(C=Cc2ccc(NC(=O)[C@@H]3CCCN3C(=O)Cc3ccccc3)cc2)cc1. The molecule has 1 fully saturated rings. The molecule has 5 rings (SSSR count). The van der Waals surface area contributed by atoms with Crippen molar-refractivity contribution in [1.82, 2.24) is 10.2 Å². The molecule has 4 aromatic rings. The first-order valence-electron chi connectivity index (χ1n) is 15.1. The van der Waals surface area contributed by atoms with Crippen LogP contribution in [-0.2, 0) is 32.0 Å². The lowest BCUT2D eigenvalue weighted by atomic mass is 10.1. The number of nitrogens with zero attached hydrogens (tertiary/aromatic N) is 1. The summed E-state index contributed by atoms with van der Waals surface area (Å²) in [5, 5.41) is 8.40. The second-order valence-electron chi connectivity index (χ2n) is 11.0. The van der Waals surface area contributed by atoms with Crippen LogP contribution in [0.25, 0.3) is 12.2 Å². The Morgan fingerprint density at radius 2 is 1.18 bits per heavy atom. The van der Waals surface area contributed by atoms with Gasteiger partial charge >= 0.3 is 0 Å². The van der Waals surface area contributed by atoms with Crippen LogP contribution in [0.1, 0.15) is 35.1 Å². The fraction of sp³-hybridized carbons (Fsp3) is 0.189. The molecule has 1 aliphatic rings. The van der Waals surface area contributed by atoms with Gasteiger partial charge in [0.15, 0.2) is 0 Å². The smallest absolute Gasteiger partial charge is 0.247 e. The van der Waals surface area contributed by atoms with E-state index in [1.807, 2.05) is 109 Å². The molecule has 4 aromatic carbocycles. The maximum Gasteiger partial charge on any atom is 0.247 e. The van der Waals surface area contributed by atoms with Gasteiger partial charge < -0.3 is 20.9 Å². The Morgan fingerprint density at radius 3 is 1.76 bits per heavy atom. The number of benzene rings is 4. The molecule has 0 aromatic heterocycles. The Kier molecular flexibility index (Phi) is 10.5. The molecule has 3 N–H and O–H groups in total. The molecule has 1 heterocycles. The summed E-state index contributed by atoms with van der Waals surface area (Å²) in [6.07, 6.45) is 5.89. The molecule has 45 heavy (non-hydrogen) atoms. The van der Waals surface area contributed by atoms with Gasteiger partial charge in [0.25, 0.3) is 0 Å². The van der Waals surface area contributed by atoms with E-state index in [9.17, 15) is 19.2 Å². The highest BCUT2D eigenvalue weighted by atomic mass is 16.2. The molecule has 4 amide bonds. The summed E-state index contributed by atoms with van der Waals surface area (Å²) in [6, 6.07) is 33.4. The lowest BCUT2D eigenvalue weighted by Gasteiger charge is -2.24. The Labute approximate surface area is 263 Å². The van der Waals surface area contributed by atoms with Crippen molar-refractivity contribution in [3.63, 3.8) is 0 Å². The van der Waals surface area contributed by atoms with E-state index in [4.69, 9.17) is 0 Å². The van der Waals surface area contributed by atoms with Crippen molar-refractivity contribution in [1.29, 1.82) is 0 Å². The zero-order chi connectivity index (χ0) is 31.4. The predicted molar refractivity (Wildman–Crippen MR) is 177 cm³/mol. The van der Waals surface area contributed by atoms with Crippen LogP contribution in [0.4, 0.5) is 11.4 Å². The lowest BCUT2D eigenvalue weighted by Crippen LogP contribution is -2.43. The first kappa shape index (κ1) is 30.9. The minimum Gasteiger partial charge on any atom is -0.347 e. The van der Waals surface area contributed by atoms with Crippen LogP contribution < -0.4 is 16.0 Å². The van der Waals surface area contributed by atoms with Crippen LogP contribution in [0.3, 0.4) is 0 Å². The molecule has 8 nitrogen and oxygen atoms in total. The lowest BCUT2D eigenvalue weighted by molar-refractivity contribution is -0.136. The average molecular weight is 601 g/mol. The molecule has 0 spiro atoms. The van der Waals surface area contributed by atoms with Gasteiger partial charge in [-0.3, -0.25) is 19.2 Å². The van der Waals surface area contributed by atoms with Crippen molar-refractivity contribution in [2.45, 2.75) is 31.7 Å². The molecule has 1 aliphatic heterocycles. The fourth-order valence-electron chi connectivity index (χ4n) is 5.21. The Balaban J connectivity index is 1.06. The summed E-state index contributed by atoms with van der Waals surface area (Å²) in [4.78, 5) is 52.0. The van der Waals surface area contributed by atoms with Gasteiger partial charge in [0.05, 0.1) is 19.4 Å². The van der Waals surface area contributed by atoms with Crippen LogP contribution in [-0.4, -0.2) is 47.7 Å². The topological polar surface area (TPSA) is 108 Å². The standard InChI is InChI=1S/C37H36N4O4/c42-34(24-29-8-3-1-4-9-29)38-26-35(43)39-31-19-15-27(16-20-31)13-14-28-17-21-32(22-18-28)40-37(45)33-12-7-23-41(33)36(44)25-30-10-5-2-6-11-30/h1-6,8-11,13-22,33H,7,12,23-26H2,(H,38,42)(H,39,43)(H,40,45)/t33-/m0/s1. The number of anilines is 2. The van der Waals surface area contributed by atoms with Crippen LogP contribution in [0.5, 0.6) is 0 Å². The summed E-state index contributed by atoms with van der Waals surface area (Å²) >= 11 is 0. The number of rotatable bonds is 11. The third-order valence-corrected chi connectivity index (χ3v) is 7.57. The van der Waals surface area contributed by atoms with Gasteiger partial charge in [-0.25, -0.2) is 0 Å². The Bertz CT molecular complexity index is 1640. The third kappa shape index (κ3) is 9.24. The molecule has 0 saturated carbocycles. The monoisotopic (exact) mass is 600 g/mol. The van der Waals surface area contributed by atoms with Gasteiger partial charge in [0.2, 0.25) is 23.6 Å². The van der Waals surface area contributed by atoms with Crippen LogP contribution >= 0.6 is 0 Å². The minimum absolute atomic E-state index is 0.0298. The van der Waals surface area contributed by atoms with Crippen LogP contribution in [0.2, 0.25) is 0 Å². The van der Waals surface area contributed by atoms with E-state index in [0.717, 1.165) is 28.7 Å². The highest BCUT2D eigenvalue weighted by Crippen LogP contribution is 2.21. The quantitative estimate of drug-likeness (QED) is 0.202. The number of nitrogens with one attached hydrogen (secondary N) is 3. The Hall–Kier alpha value is -5.50. The number of carbonyl (C=O) groups is 4. The minimum atomic E-state index is -0.466. The summed E-state index contributed by atoms with van der Waals surface area (Å²) in [5.74, 6) is -0.707. The van der Waals surface area contributed by atoms with Crippen LogP contribution in [0.15, 0.2) is 109 Å². The van der Waals surface area contributed by atoms with Crippen LogP contribution in [0, 0.1) is 0 Å². The van der Waals surface area contributed by atoms with E-state index >= 15 is 0 Å². The van der Waals surface area contributed by atoms with E-state index in [1.54, 1.807) is 17.0 Å². The van der Waals surface area contributed by atoms with E-state index in [0.29, 0.717) is 24.3 Å². The maximum absolute atomic E-state index is 13.0. The molecule has 0 aliphatic carbocycles. The fourth-order valence-corrected chi connectivity index (χ4v) is 5.21. The van der Waals surface area contributed by atoms with Gasteiger partial charge in [0, 0.05) is 17.9 Å². The van der Waals surface area contributed by atoms with Gasteiger partial charge in [0.1, 0.15) is 6.04 Å². The predicted octanol–water partition coefficient (Wildman–Crippen LogP) is 5.33. The number of likely N-dealkylation sites (tertiary alicyclic amines) is 1. The summed E-state index contributed by atoms with van der Waals surface area (Å²) in [6.45, 7) is 0.489. The van der Waals surface area contributed by atoms with Crippen molar-refractivity contribution >= 4 is 47.2 Å². The van der Waals surface area contributed by atoms with Crippen molar-refractivity contribution in [2.75, 3.05) is 23.7 Å². The molecular weight excluding hydrogens is 564 g/mol. The Morgan fingerprint density at radius 1 is 0.644 bits per heavy atom. The molecule has 0 bridgehead atoms. The van der Waals surface area contributed by atoms with Gasteiger partial charge in [-0.15, -0.1) is 0 Å². The summed E-state index contributed by atoms with van der Waals surface area (Å²) in [5.41, 5.74) is 5.05.